The van der Waals surface area contributed by atoms with Gasteiger partial charge in [-0.15, -0.1) is 13.2 Å². The van der Waals surface area contributed by atoms with E-state index in [9.17, 15) is 18.0 Å². The van der Waals surface area contributed by atoms with Crippen LogP contribution in [0.3, 0.4) is 0 Å². The van der Waals surface area contributed by atoms with E-state index in [0.29, 0.717) is 10.6 Å². The van der Waals surface area contributed by atoms with Gasteiger partial charge in [0.2, 0.25) is 0 Å². The lowest BCUT2D eigenvalue weighted by atomic mass is 10.1. The summed E-state index contributed by atoms with van der Waals surface area (Å²) in [6.45, 7) is 0. The van der Waals surface area contributed by atoms with Crippen molar-refractivity contribution in [2.75, 3.05) is 0 Å². The van der Waals surface area contributed by atoms with Crippen molar-refractivity contribution in [2.45, 2.75) is 17.4 Å². The lowest BCUT2D eigenvalue weighted by Crippen LogP contribution is -2.17. The first-order valence-corrected chi connectivity index (χ1v) is 8.12. The van der Waals surface area contributed by atoms with Crippen LogP contribution in [0, 0.1) is 0 Å². The normalized spacial score (nSPS) is 16.7. The number of carbonyl (C=O) groups is 1. The maximum atomic E-state index is 12.2. The van der Waals surface area contributed by atoms with Gasteiger partial charge < -0.3 is 9.84 Å². The number of hydroxylamine groups is 1. The average Bonchev–Trinajstić information content (AvgIpc) is 3.03. The van der Waals surface area contributed by atoms with Crippen LogP contribution in [-0.2, 0) is 4.84 Å². The molecule has 5 nitrogen and oxygen atoms in total. The van der Waals surface area contributed by atoms with Gasteiger partial charge in [-0.3, -0.25) is 10.3 Å². The van der Waals surface area contributed by atoms with E-state index in [1.165, 1.54) is 48.2 Å². The number of ether oxygens (including phenoxy) is 1. The molecule has 3 rings (SSSR count). The lowest BCUT2D eigenvalue weighted by molar-refractivity contribution is -0.274. The number of benzene rings is 2. The molecule has 2 aromatic rings. The van der Waals surface area contributed by atoms with Gasteiger partial charge in [0.25, 0.3) is 0 Å². The predicted octanol–water partition coefficient (Wildman–Crippen LogP) is 4.49. The third-order valence-electron chi connectivity index (χ3n) is 3.36. The number of carboxylic acid groups (broad SMARTS) is 1. The fourth-order valence-electron chi connectivity index (χ4n) is 2.20. The van der Waals surface area contributed by atoms with Crippen LogP contribution in [-0.4, -0.2) is 17.4 Å². The maximum absolute atomic E-state index is 12.2. The second kappa shape index (κ2) is 7.30. The molecule has 1 atom stereocenters. The summed E-state index contributed by atoms with van der Waals surface area (Å²) in [4.78, 5) is 17.1. The van der Waals surface area contributed by atoms with E-state index in [-0.39, 0.29) is 11.3 Å². The van der Waals surface area contributed by atoms with Crippen LogP contribution >= 0.6 is 11.8 Å². The molecule has 0 spiro atoms. The van der Waals surface area contributed by atoms with Gasteiger partial charge in [-0.2, -0.15) is 0 Å². The van der Waals surface area contributed by atoms with Crippen molar-refractivity contribution in [3.8, 4) is 5.75 Å². The third kappa shape index (κ3) is 4.70. The van der Waals surface area contributed by atoms with Crippen LogP contribution < -0.4 is 10.2 Å². The quantitative estimate of drug-likeness (QED) is 0.793. The summed E-state index contributed by atoms with van der Waals surface area (Å²) < 4.78 is 40.3. The maximum Gasteiger partial charge on any atom is 0.573 e. The predicted molar refractivity (Wildman–Crippen MR) is 87.4 cm³/mol. The van der Waals surface area contributed by atoms with Crippen molar-refractivity contribution in [3.63, 3.8) is 0 Å². The van der Waals surface area contributed by atoms with Crippen LogP contribution in [0.1, 0.15) is 22.0 Å². The van der Waals surface area contributed by atoms with E-state index in [1.807, 2.05) is 0 Å². The van der Waals surface area contributed by atoms with Crippen molar-refractivity contribution in [1.82, 2.24) is 5.48 Å². The van der Waals surface area contributed by atoms with Gasteiger partial charge in [-0.1, -0.05) is 23.9 Å². The van der Waals surface area contributed by atoms with Gasteiger partial charge in [0.1, 0.15) is 11.9 Å². The Morgan fingerprint density at radius 2 is 1.77 bits per heavy atom. The van der Waals surface area contributed by atoms with Crippen LogP contribution in [0.4, 0.5) is 13.2 Å². The summed E-state index contributed by atoms with van der Waals surface area (Å²) in [5.74, 6) is -1.30. The number of thioether (sulfide) groups is 1. The van der Waals surface area contributed by atoms with Crippen molar-refractivity contribution >= 4 is 17.7 Å². The Kier molecular flexibility index (Phi) is 5.10. The second-order valence-electron chi connectivity index (χ2n) is 5.22. The summed E-state index contributed by atoms with van der Waals surface area (Å²) in [6.07, 6.45) is -3.42. The first-order valence-electron chi connectivity index (χ1n) is 7.30. The largest absolute Gasteiger partial charge is 0.573 e. The minimum atomic E-state index is -4.73. The summed E-state index contributed by atoms with van der Waals surface area (Å²) >= 11 is 1.34. The van der Waals surface area contributed by atoms with Crippen LogP contribution in [0.2, 0.25) is 0 Å². The molecule has 1 heterocycles. The minimum absolute atomic E-state index is 0.193. The minimum Gasteiger partial charge on any atom is -0.478 e. The highest BCUT2D eigenvalue weighted by atomic mass is 32.2. The number of nitrogens with one attached hydrogen (secondary N) is 1. The van der Waals surface area contributed by atoms with E-state index < -0.39 is 18.4 Å². The molecule has 1 aliphatic rings. The fraction of sp³-hybridized carbons (Fsp3) is 0.118. The average molecular weight is 383 g/mol. The Balaban J connectivity index is 1.64. The van der Waals surface area contributed by atoms with Gasteiger partial charge in [0.05, 0.1) is 10.6 Å². The molecule has 0 radical (unpaired) electrons. The van der Waals surface area contributed by atoms with Crippen molar-refractivity contribution in [3.05, 3.63) is 70.8 Å². The van der Waals surface area contributed by atoms with Crippen molar-refractivity contribution in [2.24, 2.45) is 0 Å². The number of carboxylic acids is 1. The van der Waals surface area contributed by atoms with Crippen LogP contribution in [0.25, 0.3) is 0 Å². The molecule has 1 aliphatic heterocycles. The number of rotatable bonds is 5. The molecule has 0 amide bonds. The molecule has 2 aromatic carbocycles. The molecule has 0 saturated carbocycles. The number of hydrogen-bond donors (Lipinski definition) is 2. The molecule has 0 aromatic heterocycles. The molecule has 0 bridgehead atoms. The molecule has 0 fully saturated rings. The number of halogens is 3. The number of alkyl halides is 3. The lowest BCUT2D eigenvalue weighted by Gasteiger charge is -2.11. The van der Waals surface area contributed by atoms with Crippen LogP contribution in [0.5, 0.6) is 5.75 Å². The smallest absolute Gasteiger partial charge is 0.478 e. The molecule has 9 heteroatoms. The van der Waals surface area contributed by atoms with Gasteiger partial charge in [-0.05, 0) is 48.0 Å². The standard InChI is InChI=1S/C17H12F3NO4S/c18-17(19,20)24-12-5-1-10(2-6-12)14-9-15(21-25-14)26-13-7-3-11(4-8-13)16(22)23/h1-9,14,21H,(H,22,23). The molecular weight excluding hydrogens is 371 g/mol. The van der Waals surface area contributed by atoms with Gasteiger partial charge in [0, 0.05) is 4.90 Å². The first-order chi connectivity index (χ1) is 12.3. The second-order valence-corrected chi connectivity index (χ2v) is 6.34. The van der Waals surface area contributed by atoms with Gasteiger partial charge in [0.15, 0.2) is 0 Å². The van der Waals surface area contributed by atoms with Crippen molar-refractivity contribution in [1.29, 1.82) is 0 Å². The molecule has 26 heavy (non-hydrogen) atoms. The molecule has 1 unspecified atom stereocenters. The van der Waals surface area contributed by atoms with E-state index in [2.05, 4.69) is 10.2 Å². The SMILES string of the molecule is O=C(O)c1ccc(SC2=CC(c3ccc(OC(F)(F)F)cc3)ON2)cc1. The Hall–Kier alpha value is -2.65. The zero-order chi connectivity index (χ0) is 18.7. The van der Waals surface area contributed by atoms with E-state index in [1.54, 1.807) is 18.2 Å². The summed E-state index contributed by atoms with van der Waals surface area (Å²) in [7, 11) is 0. The molecule has 136 valence electrons. The Morgan fingerprint density at radius 1 is 1.12 bits per heavy atom. The fourth-order valence-corrected chi connectivity index (χ4v) is 3.01. The van der Waals surface area contributed by atoms with Crippen LogP contribution in [0.15, 0.2) is 64.5 Å². The Bertz CT molecular complexity index is 819. The summed E-state index contributed by atoms with van der Waals surface area (Å²) in [5.41, 5.74) is 3.59. The van der Waals surface area contributed by atoms with E-state index in [4.69, 9.17) is 9.94 Å². The van der Waals surface area contributed by atoms with Crippen molar-refractivity contribution < 1.29 is 32.6 Å². The molecular formula is C17H12F3NO4S. The number of hydrogen-bond acceptors (Lipinski definition) is 5. The molecule has 0 saturated heterocycles. The molecule has 0 aliphatic carbocycles. The zero-order valence-corrected chi connectivity index (χ0v) is 13.8. The zero-order valence-electron chi connectivity index (χ0n) is 13.0. The number of aromatic carboxylic acids is 1. The highest BCUT2D eigenvalue weighted by Gasteiger charge is 2.31. The monoisotopic (exact) mass is 383 g/mol. The topological polar surface area (TPSA) is 67.8 Å². The summed E-state index contributed by atoms with van der Waals surface area (Å²) in [5, 5.41) is 9.57. The van der Waals surface area contributed by atoms with E-state index in [0.717, 1.165) is 4.90 Å². The Labute approximate surface area is 150 Å². The molecule has 2 N–H and O–H groups in total. The highest BCUT2D eigenvalue weighted by molar-refractivity contribution is 8.03. The van der Waals surface area contributed by atoms with Gasteiger partial charge in [-0.25, -0.2) is 4.79 Å². The highest BCUT2D eigenvalue weighted by Crippen LogP contribution is 2.34. The first kappa shape index (κ1) is 18.2. The Morgan fingerprint density at radius 3 is 2.35 bits per heavy atom. The summed E-state index contributed by atoms with van der Waals surface area (Å²) in [6, 6.07) is 11.8. The third-order valence-corrected chi connectivity index (χ3v) is 4.31. The van der Waals surface area contributed by atoms with E-state index >= 15 is 0 Å². The van der Waals surface area contributed by atoms with Gasteiger partial charge >= 0.3 is 12.3 Å².